The number of hydrogen-bond acceptors (Lipinski definition) is 4. The van der Waals surface area contributed by atoms with Crippen molar-refractivity contribution in [3.8, 4) is 11.5 Å². The molecule has 1 aliphatic heterocycles. The Bertz CT molecular complexity index is 474. The van der Waals surface area contributed by atoms with Gasteiger partial charge in [-0.25, -0.2) is 0 Å². The van der Waals surface area contributed by atoms with Gasteiger partial charge in [0.1, 0.15) is 18.1 Å². The van der Waals surface area contributed by atoms with E-state index in [9.17, 15) is 9.90 Å². The average molecular weight is 264 g/mol. The highest BCUT2D eigenvalue weighted by Crippen LogP contribution is 2.37. The summed E-state index contributed by atoms with van der Waals surface area (Å²) in [6.07, 6.45) is 0. The van der Waals surface area contributed by atoms with Gasteiger partial charge in [-0.05, 0) is 33.0 Å². The van der Waals surface area contributed by atoms with Crippen molar-refractivity contribution >= 4 is 5.91 Å². The minimum Gasteiger partial charge on any atom is -0.508 e. The third-order valence-corrected chi connectivity index (χ3v) is 3.13. The van der Waals surface area contributed by atoms with Crippen LogP contribution in [-0.4, -0.2) is 42.2 Å². The number of aromatic hydroxyl groups is 1. The van der Waals surface area contributed by atoms with Gasteiger partial charge in [-0.2, -0.15) is 0 Å². The van der Waals surface area contributed by atoms with Crippen molar-refractivity contribution in [1.82, 2.24) is 10.2 Å². The first-order valence-corrected chi connectivity index (χ1v) is 6.42. The molecule has 0 aliphatic carbocycles. The number of phenols is 1. The maximum absolute atomic E-state index is 11.8. The van der Waals surface area contributed by atoms with E-state index in [2.05, 4.69) is 5.32 Å². The summed E-state index contributed by atoms with van der Waals surface area (Å²) in [5.41, 5.74) is 1.01. The molecule has 1 aromatic rings. The zero-order chi connectivity index (χ0) is 14.0. The average Bonchev–Trinajstić information content (AvgIpc) is 2.70. The molecule has 1 aromatic carbocycles. The normalized spacial score (nSPS) is 17.4. The fraction of sp³-hybridized carbons (Fsp3) is 0.500. The molecule has 0 aromatic heterocycles. The van der Waals surface area contributed by atoms with Crippen LogP contribution in [0, 0.1) is 0 Å². The Hall–Kier alpha value is -1.75. The van der Waals surface area contributed by atoms with Gasteiger partial charge < -0.3 is 15.2 Å². The van der Waals surface area contributed by atoms with Crippen LogP contribution in [0.25, 0.3) is 0 Å². The lowest BCUT2D eigenvalue weighted by Crippen LogP contribution is -2.40. The van der Waals surface area contributed by atoms with Gasteiger partial charge in [0.15, 0.2) is 0 Å². The zero-order valence-electron chi connectivity index (χ0n) is 11.5. The van der Waals surface area contributed by atoms with Crippen molar-refractivity contribution in [1.29, 1.82) is 0 Å². The number of carbonyl (C=O) groups is 1. The predicted molar refractivity (Wildman–Crippen MR) is 72.3 cm³/mol. The molecule has 1 atom stereocenters. The maximum Gasteiger partial charge on any atom is 0.234 e. The van der Waals surface area contributed by atoms with Gasteiger partial charge in [-0.1, -0.05) is 0 Å². The number of ether oxygens (including phenoxy) is 1. The number of amides is 1. The van der Waals surface area contributed by atoms with Crippen LogP contribution in [-0.2, 0) is 4.79 Å². The molecule has 0 radical (unpaired) electrons. The van der Waals surface area contributed by atoms with Crippen LogP contribution in [0.3, 0.4) is 0 Å². The summed E-state index contributed by atoms with van der Waals surface area (Å²) in [4.78, 5) is 13.7. The first-order chi connectivity index (χ1) is 8.97. The van der Waals surface area contributed by atoms with E-state index in [0.717, 1.165) is 5.56 Å². The molecular weight excluding hydrogens is 244 g/mol. The third kappa shape index (κ3) is 3.17. The van der Waals surface area contributed by atoms with Crippen molar-refractivity contribution in [3.05, 3.63) is 23.8 Å². The summed E-state index contributed by atoms with van der Waals surface area (Å²) in [5, 5.41) is 12.3. The highest BCUT2D eigenvalue weighted by atomic mass is 16.5. The smallest absolute Gasteiger partial charge is 0.234 e. The Morgan fingerprint density at radius 3 is 3.00 bits per heavy atom. The lowest BCUT2D eigenvalue weighted by molar-refractivity contribution is -0.123. The van der Waals surface area contributed by atoms with Crippen LogP contribution < -0.4 is 10.1 Å². The minimum atomic E-state index is 0.00438. The van der Waals surface area contributed by atoms with E-state index in [0.29, 0.717) is 18.9 Å². The van der Waals surface area contributed by atoms with Crippen LogP contribution >= 0.6 is 0 Å². The summed E-state index contributed by atoms with van der Waals surface area (Å²) in [5.74, 6) is 0.894. The number of nitrogens with zero attached hydrogens (tertiary/aromatic N) is 1. The molecular formula is C14H20N2O3. The zero-order valence-corrected chi connectivity index (χ0v) is 11.5. The first kappa shape index (κ1) is 13.7. The summed E-state index contributed by atoms with van der Waals surface area (Å²) >= 11 is 0. The molecule has 1 heterocycles. The number of rotatable bonds is 4. The van der Waals surface area contributed by atoms with Crippen molar-refractivity contribution in [2.45, 2.75) is 25.9 Å². The van der Waals surface area contributed by atoms with Crippen LogP contribution in [0.4, 0.5) is 0 Å². The van der Waals surface area contributed by atoms with Gasteiger partial charge in [-0.15, -0.1) is 0 Å². The summed E-state index contributed by atoms with van der Waals surface area (Å²) in [6.45, 7) is 4.71. The predicted octanol–water partition coefficient (Wildman–Crippen LogP) is 1.28. The molecule has 19 heavy (non-hydrogen) atoms. The highest BCUT2D eigenvalue weighted by Gasteiger charge is 2.28. The Balaban J connectivity index is 2.03. The quantitative estimate of drug-likeness (QED) is 0.860. The van der Waals surface area contributed by atoms with E-state index in [1.54, 1.807) is 12.1 Å². The van der Waals surface area contributed by atoms with Crippen molar-refractivity contribution in [3.63, 3.8) is 0 Å². The molecule has 1 unspecified atom stereocenters. The standard InChI is InChI=1S/C14H20N2O3/c1-9(2)15-14(18)7-16(3)12-8-19-13-6-10(17)4-5-11(12)13/h4-6,9,12,17H,7-8H2,1-3H3,(H,15,18). The maximum atomic E-state index is 11.8. The second-order valence-corrected chi connectivity index (χ2v) is 5.19. The Morgan fingerprint density at radius 2 is 2.32 bits per heavy atom. The van der Waals surface area contributed by atoms with E-state index in [1.807, 2.05) is 31.9 Å². The fourth-order valence-electron chi connectivity index (χ4n) is 2.25. The molecule has 1 aliphatic rings. The van der Waals surface area contributed by atoms with Crippen LogP contribution in [0.15, 0.2) is 18.2 Å². The number of phenolic OH excluding ortho intramolecular Hbond substituents is 1. The largest absolute Gasteiger partial charge is 0.508 e. The van der Waals surface area contributed by atoms with Gasteiger partial charge in [0.2, 0.25) is 5.91 Å². The number of carbonyl (C=O) groups excluding carboxylic acids is 1. The molecule has 0 spiro atoms. The van der Waals surface area contributed by atoms with Crippen molar-refractivity contribution in [2.75, 3.05) is 20.2 Å². The molecule has 0 fully saturated rings. The number of hydrogen-bond donors (Lipinski definition) is 2. The Morgan fingerprint density at radius 1 is 1.58 bits per heavy atom. The van der Waals surface area contributed by atoms with Gasteiger partial charge in [0.25, 0.3) is 0 Å². The number of fused-ring (bicyclic) bond motifs is 1. The van der Waals surface area contributed by atoms with Crippen molar-refractivity contribution < 1.29 is 14.6 Å². The lowest BCUT2D eigenvalue weighted by Gasteiger charge is -2.23. The van der Waals surface area contributed by atoms with Gasteiger partial charge >= 0.3 is 0 Å². The molecule has 1 amide bonds. The van der Waals surface area contributed by atoms with Crippen LogP contribution in [0.1, 0.15) is 25.5 Å². The van der Waals surface area contributed by atoms with Gasteiger partial charge in [-0.3, -0.25) is 9.69 Å². The molecule has 104 valence electrons. The summed E-state index contributed by atoms with van der Waals surface area (Å²) in [6, 6.07) is 5.29. The monoisotopic (exact) mass is 264 g/mol. The van der Waals surface area contributed by atoms with E-state index in [-0.39, 0.29) is 23.7 Å². The lowest BCUT2D eigenvalue weighted by atomic mass is 10.1. The van der Waals surface area contributed by atoms with Crippen LogP contribution in [0.5, 0.6) is 11.5 Å². The molecule has 0 saturated heterocycles. The van der Waals surface area contributed by atoms with Gasteiger partial charge in [0, 0.05) is 17.7 Å². The molecule has 5 nitrogen and oxygen atoms in total. The number of likely N-dealkylation sites (N-methyl/N-ethyl adjacent to an activating group) is 1. The van der Waals surface area contributed by atoms with E-state index in [1.165, 1.54) is 0 Å². The topological polar surface area (TPSA) is 61.8 Å². The minimum absolute atomic E-state index is 0.00438. The second-order valence-electron chi connectivity index (χ2n) is 5.19. The number of nitrogens with one attached hydrogen (secondary N) is 1. The molecule has 2 N–H and O–H groups in total. The Labute approximate surface area is 113 Å². The Kier molecular flexibility index (Phi) is 3.95. The molecule has 0 bridgehead atoms. The molecule has 0 saturated carbocycles. The van der Waals surface area contributed by atoms with E-state index in [4.69, 9.17) is 4.74 Å². The molecule has 5 heteroatoms. The van der Waals surface area contributed by atoms with Gasteiger partial charge in [0.05, 0.1) is 12.6 Å². The van der Waals surface area contributed by atoms with Crippen LogP contribution in [0.2, 0.25) is 0 Å². The second kappa shape index (κ2) is 5.48. The summed E-state index contributed by atoms with van der Waals surface area (Å²) < 4.78 is 5.54. The SMILES string of the molecule is CC(C)NC(=O)CN(C)C1COc2cc(O)ccc21. The van der Waals surface area contributed by atoms with E-state index >= 15 is 0 Å². The highest BCUT2D eigenvalue weighted by molar-refractivity contribution is 5.78. The summed E-state index contributed by atoms with van der Waals surface area (Å²) in [7, 11) is 1.90. The van der Waals surface area contributed by atoms with E-state index < -0.39 is 0 Å². The third-order valence-electron chi connectivity index (χ3n) is 3.13. The fourth-order valence-corrected chi connectivity index (χ4v) is 2.25. The first-order valence-electron chi connectivity index (χ1n) is 6.42. The molecule has 2 rings (SSSR count). The van der Waals surface area contributed by atoms with Crippen molar-refractivity contribution in [2.24, 2.45) is 0 Å². The number of benzene rings is 1.